The molecular formula is C81H51NOS. The second-order valence-corrected chi connectivity index (χ2v) is 23.9. The van der Waals surface area contributed by atoms with Crippen molar-refractivity contribution >= 4 is 28.8 Å². The fourth-order valence-corrected chi connectivity index (χ4v) is 17.2. The molecule has 0 saturated heterocycles. The van der Waals surface area contributed by atoms with Gasteiger partial charge in [-0.05, 0) is 149 Å². The van der Waals surface area contributed by atoms with Crippen LogP contribution in [0.2, 0.25) is 0 Å². The van der Waals surface area contributed by atoms with E-state index in [9.17, 15) is 0 Å². The number of anilines is 3. The molecule has 2 aliphatic heterocycles. The molecule has 13 aromatic rings. The minimum Gasteiger partial charge on any atom is -0.457 e. The van der Waals surface area contributed by atoms with Gasteiger partial charge >= 0.3 is 0 Å². The van der Waals surface area contributed by atoms with Crippen LogP contribution in [-0.2, 0) is 16.2 Å². The van der Waals surface area contributed by atoms with E-state index in [4.69, 9.17) is 4.74 Å². The Morgan fingerprint density at radius 2 is 0.631 bits per heavy atom. The van der Waals surface area contributed by atoms with Gasteiger partial charge in [0.1, 0.15) is 11.5 Å². The van der Waals surface area contributed by atoms with Gasteiger partial charge in [-0.15, -0.1) is 0 Å². The average molecular weight is 1090 g/mol. The first-order valence-corrected chi connectivity index (χ1v) is 30.0. The van der Waals surface area contributed by atoms with E-state index in [2.05, 4.69) is 314 Å². The van der Waals surface area contributed by atoms with Crippen LogP contribution < -0.4 is 9.64 Å². The number of fused-ring (bicyclic) bond motifs is 21. The van der Waals surface area contributed by atoms with E-state index in [0.29, 0.717) is 0 Å². The Bertz CT molecular complexity index is 4560. The highest BCUT2D eigenvalue weighted by molar-refractivity contribution is 7.99. The number of nitrogens with zero attached hydrogens (tertiary/aromatic N) is 1. The van der Waals surface area contributed by atoms with Crippen molar-refractivity contribution in [1.82, 2.24) is 0 Å². The third-order valence-corrected chi connectivity index (χ3v) is 20.2. The van der Waals surface area contributed by atoms with E-state index >= 15 is 0 Å². The summed E-state index contributed by atoms with van der Waals surface area (Å²) in [6.07, 6.45) is 0. The third kappa shape index (κ3) is 6.16. The first-order valence-electron chi connectivity index (χ1n) is 29.1. The largest absolute Gasteiger partial charge is 0.457 e. The van der Waals surface area contributed by atoms with E-state index < -0.39 is 16.2 Å². The molecule has 0 saturated carbocycles. The highest BCUT2D eigenvalue weighted by Crippen LogP contribution is 2.66. The standard InChI is InChI=1S/C81H51NOS/c1-3-24-52(25-4-1)79(53-26-5-2-6-27-53)65-35-13-9-31-62(65)78-61(32-23-40-70(78)79)60-30-10-18-41-73(60)82(54-46-48-58-56-28-7-11-33-63(56)80(71(58)50-54)66-36-14-19-42-74(66)83-75-43-20-15-37-67(75)80)55-47-49-59-57-29-8-12-34-64(57)81(72(59)51-55)68-38-16-21-44-76(68)84-77-45-22-17-39-69(77)81/h1-51H. The summed E-state index contributed by atoms with van der Waals surface area (Å²) < 4.78 is 6.87. The van der Waals surface area contributed by atoms with Gasteiger partial charge < -0.3 is 9.64 Å². The van der Waals surface area contributed by atoms with Crippen molar-refractivity contribution in [2.75, 3.05) is 4.90 Å². The molecule has 13 aromatic carbocycles. The maximum atomic E-state index is 6.87. The number of hydrogen-bond acceptors (Lipinski definition) is 3. The van der Waals surface area contributed by atoms with Crippen molar-refractivity contribution in [2.45, 2.75) is 26.0 Å². The highest BCUT2D eigenvalue weighted by Gasteiger charge is 2.53. The molecule has 392 valence electrons. The predicted molar refractivity (Wildman–Crippen MR) is 343 cm³/mol. The SMILES string of the molecule is c1ccc(C2(c3ccccc3)c3ccccc3-c3c(-c4ccccc4N(c4ccc5c(c4)C4(c6ccccc6Oc6ccccc64)c4ccccc4-5)c4ccc5c(c4)C4(c6ccccc6Sc6ccccc64)c4ccccc4-5)cccc32)cc1. The molecular weight excluding hydrogens is 1030 g/mol. The van der Waals surface area contributed by atoms with Gasteiger partial charge in [0.15, 0.2) is 0 Å². The molecule has 2 spiro atoms. The molecule has 0 fully saturated rings. The number of rotatable bonds is 6. The van der Waals surface area contributed by atoms with E-state index in [0.717, 1.165) is 45.3 Å². The van der Waals surface area contributed by atoms with E-state index in [1.54, 1.807) is 0 Å². The molecule has 5 aliphatic rings. The Morgan fingerprint density at radius 3 is 1.18 bits per heavy atom. The predicted octanol–water partition coefficient (Wildman–Crippen LogP) is 20.5. The third-order valence-electron chi connectivity index (χ3n) is 19.1. The molecule has 3 aliphatic carbocycles. The maximum absolute atomic E-state index is 6.87. The molecule has 18 rings (SSSR count). The Morgan fingerprint density at radius 1 is 0.250 bits per heavy atom. The number of benzene rings is 13. The average Bonchev–Trinajstić information content (AvgIpc) is 1.58. The van der Waals surface area contributed by atoms with Crippen LogP contribution in [0.4, 0.5) is 17.1 Å². The molecule has 0 bridgehead atoms. The zero-order chi connectivity index (χ0) is 55.1. The summed E-state index contributed by atoms with van der Waals surface area (Å²) in [7, 11) is 0. The van der Waals surface area contributed by atoms with Crippen molar-refractivity contribution in [3.8, 4) is 56.0 Å². The first-order chi connectivity index (χ1) is 41.7. The Hall–Kier alpha value is -10.2. The molecule has 2 nitrogen and oxygen atoms in total. The molecule has 0 radical (unpaired) electrons. The Kier molecular flexibility index (Phi) is 10.1. The molecule has 0 unspecified atom stereocenters. The van der Waals surface area contributed by atoms with Crippen LogP contribution in [0, 0.1) is 0 Å². The summed E-state index contributed by atoms with van der Waals surface area (Å²) in [6, 6.07) is 116. The van der Waals surface area contributed by atoms with Crippen LogP contribution in [0.1, 0.15) is 66.8 Å². The van der Waals surface area contributed by atoms with Crippen molar-refractivity contribution in [3.63, 3.8) is 0 Å². The quantitative estimate of drug-likeness (QED) is 0.165. The first kappa shape index (κ1) is 47.4. The summed E-state index contributed by atoms with van der Waals surface area (Å²) in [6.45, 7) is 0. The fourth-order valence-electron chi connectivity index (χ4n) is 16.0. The molecule has 84 heavy (non-hydrogen) atoms. The van der Waals surface area contributed by atoms with Gasteiger partial charge in [-0.3, -0.25) is 0 Å². The monoisotopic (exact) mass is 1090 g/mol. The van der Waals surface area contributed by atoms with E-state index in [1.165, 1.54) is 104 Å². The minimum atomic E-state index is -0.669. The fraction of sp³-hybridized carbons (Fsp3) is 0.0370. The lowest BCUT2D eigenvalue weighted by Crippen LogP contribution is -2.32. The van der Waals surface area contributed by atoms with Crippen LogP contribution in [0.5, 0.6) is 11.5 Å². The lowest BCUT2D eigenvalue weighted by Gasteiger charge is -2.40. The van der Waals surface area contributed by atoms with Crippen molar-refractivity contribution in [3.05, 3.63) is 376 Å². The van der Waals surface area contributed by atoms with Gasteiger partial charge in [0.05, 0.1) is 21.9 Å². The zero-order valence-corrected chi connectivity index (χ0v) is 46.5. The molecule has 0 aromatic heterocycles. The van der Waals surface area contributed by atoms with Gasteiger partial charge in [-0.1, -0.05) is 267 Å². The summed E-state index contributed by atoms with van der Waals surface area (Å²) in [4.78, 5) is 5.15. The van der Waals surface area contributed by atoms with Crippen LogP contribution in [0.25, 0.3) is 44.5 Å². The number of hydrogen-bond donors (Lipinski definition) is 0. The van der Waals surface area contributed by atoms with Gasteiger partial charge in [0, 0.05) is 37.9 Å². The van der Waals surface area contributed by atoms with E-state index in [-0.39, 0.29) is 0 Å². The Labute approximate surface area is 493 Å². The molecule has 2 heterocycles. The number of ether oxygens (including phenoxy) is 1. The summed E-state index contributed by atoms with van der Waals surface area (Å²) in [5.41, 5.74) is 26.3. The lowest BCUT2D eigenvalue weighted by atomic mass is 9.66. The van der Waals surface area contributed by atoms with Crippen LogP contribution in [0.15, 0.2) is 319 Å². The Balaban J connectivity index is 0.938. The van der Waals surface area contributed by atoms with Crippen molar-refractivity contribution in [1.29, 1.82) is 0 Å². The molecule has 0 atom stereocenters. The topological polar surface area (TPSA) is 12.5 Å². The van der Waals surface area contributed by atoms with Gasteiger partial charge in [-0.2, -0.15) is 0 Å². The van der Waals surface area contributed by atoms with Crippen molar-refractivity contribution < 1.29 is 4.74 Å². The zero-order valence-electron chi connectivity index (χ0n) is 45.7. The second kappa shape index (κ2) is 17.9. The van der Waals surface area contributed by atoms with Crippen LogP contribution >= 0.6 is 11.8 Å². The van der Waals surface area contributed by atoms with Gasteiger partial charge in [0.25, 0.3) is 0 Å². The van der Waals surface area contributed by atoms with E-state index in [1.807, 2.05) is 11.8 Å². The van der Waals surface area contributed by atoms with Crippen LogP contribution in [-0.4, -0.2) is 0 Å². The lowest BCUT2D eigenvalue weighted by molar-refractivity contribution is 0.436. The van der Waals surface area contributed by atoms with Crippen LogP contribution in [0.3, 0.4) is 0 Å². The second-order valence-electron chi connectivity index (χ2n) is 22.8. The van der Waals surface area contributed by atoms with Crippen molar-refractivity contribution in [2.24, 2.45) is 0 Å². The smallest absolute Gasteiger partial charge is 0.132 e. The van der Waals surface area contributed by atoms with Gasteiger partial charge in [0.2, 0.25) is 0 Å². The normalized spacial score (nSPS) is 14.8. The summed E-state index contributed by atoms with van der Waals surface area (Å²) in [5.74, 6) is 1.75. The summed E-state index contributed by atoms with van der Waals surface area (Å²) >= 11 is 1.89. The molecule has 0 amide bonds. The molecule has 0 N–H and O–H groups in total. The minimum absolute atomic E-state index is 0.563. The number of para-hydroxylation sites is 3. The maximum Gasteiger partial charge on any atom is 0.132 e. The highest BCUT2D eigenvalue weighted by atomic mass is 32.2. The summed E-state index contributed by atoms with van der Waals surface area (Å²) in [5, 5.41) is 0. The van der Waals surface area contributed by atoms with Gasteiger partial charge in [-0.25, -0.2) is 0 Å². The molecule has 3 heteroatoms.